The van der Waals surface area contributed by atoms with E-state index in [0.717, 1.165) is 37.8 Å². The Bertz CT molecular complexity index is 1070. The number of aliphatic carboxylic acids is 1. The van der Waals surface area contributed by atoms with Gasteiger partial charge in [-0.1, -0.05) is 13.3 Å². The lowest BCUT2D eigenvalue weighted by Crippen LogP contribution is -2.49. The van der Waals surface area contributed by atoms with E-state index in [4.69, 9.17) is 14.2 Å². The summed E-state index contributed by atoms with van der Waals surface area (Å²) < 4.78 is 16.7. The standard InChI is InChI=1S/C29H44N4O7/c1-5-6-11-31(13-8-10-30(2)3)26(35)18-33-16-21(20-14-23(38-4)28-24(15-20)39-19-40-28)27(29(36)37)22(33)17-32-12-7-9-25(32)34/h14-15,21-22,27H,5-13,16-19H2,1-4H3,(H,36,37). The summed E-state index contributed by atoms with van der Waals surface area (Å²) in [6.07, 6.45) is 4.00. The third kappa shape index (κ3) is 6.80. The molecule has 2 fully saturated rings. The molecule has 3 unspecified atom stereocenters. The lowest BCUT2D eigenvalue weighted by molar-refractivity contribution is -0.144. The summed E-state index contributed by atoms with van der Waals surface area (Å²) >= 11 is 0. The number of carbonyl (C=O) groups is 3. The van der Waals surface area contributed by atoms with Gasteiger partial charge in [-0.2, -0.15) is 0 Å². The summed E-state index contributed by atoms with van der Waals surface area (Å²) in [7, 11) is 5.58. The Morgan fingerprint density at radius 1 is 1.15 bits per heavy atom. The number of ether oxygens (including phenoxy) is 3. The van der Waals surface area contributed by atoms with Gasteiger partial charge in [0.05, 0.1) is 19.6 Å². The number of carbonyl (C=O) groups excluding carboxylic acids is 2. The van der Waals surface area contributed by atoms with Crippen molar-refractivity contribution >= 4 is 17.8 Å². The minimum atomic E-state index is -0.943. The van der Waals surface area contributed by atoms with Crippen LogP contribution in [0.5, 0.6) is 17.2 Å². The van der Waals surface area contributed by atoms with Gasteiger partial charge < -0.3 is 34.0 Å². The third-order valence-electron chi connectivity index (χ3n) is 8.23. The van der Waals surface area contributed by atoms with Crippen molar-refractivity contribution in [2.45, 2.75) is 51.0 Å². The van der Waals surface area contributed by atoms with Crippen LogP contribution in [0, 0.1) is 5.92 Å². The predicted molar refractivity (Wildman–Crippen MR) is 149 cm³/mol. The number of hydrogen-bond donors (Lipinski definition) is 1. The van der Waals surface area contributed by atoms with Crippen LogP contribution in [0.25, 0.3) is 0 Å². The Morgan fingerprint density at radius 3 is 2.58 bits per heavy atom. The summed E-state index contributed by atoms with van der Waals surface area (Å²) in [6, 6.07) is 3.13. The maximum absolute atomic E-state index is 13.7. The molecule has 0 aliphatic carbocycles. The van der Waals surface area contributed by atoms with Crippen LogP contribution >= 0.6 is 0 Å². The van der Waals surface area contributed by atoms with E-state index in [9.17, 15) is 19.5 Å². The van der Waals surface area contributed by atoms with Crippen LogP contribution in [0.3, 0.4) is 0 Å². The van der Waals surface area contributed by atoms with Crippen LogP contribution in [0.1, 0.15) is 50.5 Å². The van der Waals surface area contributed by atoms with Crippen LogP contribution in [-0.2, 0) is 14.4 Å². The van der Waals surface area contributed by atoms with Crippen LogP contribution in [-0.4, -0.2) is 122 Å². The van der Waals surface area contributed by atoms with E-state index in [-0.39, 0.29) is 31.7 Å². The van der Waals surface area contributed by atoms with Crippen molar-refractivity contribution in [1.29, 1.82) is 0 Å². The average Bonchev–Trinajstić information content (AvgIpc) is 3.64. The molecule has 11 heteroatoms. The highest BCUT2D eigenvalue weighted by molar-refractivity contribution is 5.80. The molecule has 40 heavy (non-hydrogen) atoms. The molecule has 222 valence electrons. The molecule has 1 aromatic rings. The molecule has 3 atom stereocenters. The van der Waals surface area contributed by atoms with Crippen molar-refractivity contribution < 1.29 is 33.7 Å². The summed E-state index contributed by atoms with van der Waals surface area (Å²) in [5.41, 5.74) is 0.759. The van der Waals surface area contributed by atoms with Crippen molar-refractivity contribution in [3.8, 4) is 17.2 Å². The summed E-state index contributed by atoms with van der Waals surface area (Å²) in [5.74, 6) is -0.630. The maximum Gasteiger partial charge on any atom is 0.308 e. The Morgan fingerprint density at radius 2 is 1.93 bits per heavy atom. The first-order valence-electron chi connectivity index (χ1n) is 14.4. The molecule has 0 bridgehead atoms. The average molecular weight is 561 g/mol. The number of benzene rings is 1. The predicted octanol–water partition coefficient (Wildman–Crippen LogP) is 2.10. The fraction of sp³-hybridized carbons (Fsp3) is 0.690. The van der Waals surface area contributed by atoms with E-state index in [1.54, 1.807) is 12.0 Å². The number of hydrogen-bond acceptors (Lipinski definition) is 8. The molecule has 3 heterocycles. The molecule has 3 aliphatic rings. The number of fused-ring (bicyclic) bond motifs is 1. The van der Waals surface area contributed by atoms with E-state index in [1.165, 1.54) is 0 Å². The van der Waals surface area contributed by atoms with Crippen molar-refractivity contribution in [1.82, 2.24) is 19.6 Å². The largest absolute Gasteiger partial charge is 0.493 e. The highest BCUT2D eigenvalue weighted by atomic mass is 16.7. The zero-order valence-electron chi connectivity index (χ0n) is 24.3. The number of nitrogens with zero attached hydrogens (tertiary/aromatic N) is 4. The molecule has 1 N–H and O–H groups in total. The monoisotopic (exact) mass is 560 g/mol. The number of carboxylic acids is 1. The lowest BCUT2D eigenvalue weighted by Gasteiger charge is -2.32. The van der Waals surface area contributed by atoms with Crippen LogP contribution < -0.4 is 14.2 Å². The summed E-state index contributed by atoms with van der Waals surface area (Å²) in [4.78, 5) is 46.8. The topological polar surface area (TPSA) is 112 Å². The van der Waals surface area contributed by atoms with Gasteiger partial charge >= 0.3 is 5.97 Å². The Balaban J connectivity index is 1.62. The van der Waals surface area contributed by atoms with Gasteiger partial charge in [-0.05, 0) is 57.6 Å². The van der Waals surface area contributed by atoms with E-state index < -0.39 is 23.8 Å². The summed E-state index contributed by atoms with van der Waals surface area (Å²) in [5, 5.41) is 10.5. The first-order chi connectivity index (χ1) is 19.2. The fourth-order valence-electron chi connectivity index (χ4n) is 6.11. The van der Waals surface area contributed by atoms with E-state index >= 15 is 0 Å². The second-order valence-electron chi connectivity index (χ2n) is 11.3. The lowest BCUT2D eigenvalue weighted by atomic mass is 9.84. The van der Waals surface area contributed by atoms with Gasteiger partial charge in [0.1, 0.15) is 0 Å². The first-order valence-corrected chi connectivity index (χ1v) is 14.4. The Hall–Kier alpha value is -3.05. The molecular weight excluding hydrogens is 516 g/mol. The second kappa shape index (κ2) is 13.5. The van der Waals surface area contributed by atoms with Gasteiger partial charge in [-0.25, -0.2) is 0 Å². The molecular formula is C29H44N4O7. The molecule has 3 aliphatic heterocycles. The molecule has 2 amide bonds. The number of likely N-dealkylation sites (tertiary alicyclic amines) is 2. The van der Waals surface area contributed by atoms with E-state index in [1.807, 2.05) is 36.0 Å². The van der Waals surface area contributed by atoms with Crippen molar-refractivity contribution in [2.75, 3.05) is 73.8 Å². The molecule has 0 saturated carbocycles. The molecule has 2 saturated heterocycles. The van der Waals surface area contributed by atoms with Gasteiger partial charge in [-0.3, -0.25) is 19.3 Å². The second-order valence-corrected chi connectivity index (χ2v) is 11.3. The quantitative estimate of drug-likeness (QED) is 0.366. The van der Waals surface area contributed by atoms with Gasteiger partial charge in [-0.15, -0.1) is 0 Å². The van der Waals surface area contributed by atoms with Crippen molar-refractivity contribution in [3.05, 3.63) is 17.7 Å². The van der Waals surface area contributed by atoms with Crippen LogP contribution in [0.4, 0.5) is 0 Å². The Kier molecular flexibility index (Phi) is 10.1. The van der Waals surface area contributed by atoms with Crippen LogP contribution in [0.15, 0.2) is 12.1 Å². The number of carboxylic acid groups (broad SMARTS) is 1. The third-order valence-corrected chi connectivity index (χ3v) is 8.23. The van der Waals surface area contributed by atoms with Gasteiger partial charge in [0.15, 0.2) is 11.5 Å². The fourth-order valence-corrected chi connectivity index (χ4v) is 6.11. The van der Waals surface area contributed by atoms with E-state index in [2.05, 4.69) is 11.8 Å². The number of methoxy groups -OCH3 is 1. The number of rotatable bonds is 14. The highest BCUT2D eigenvalue weighted by Gasteiger charge is 2.49. The number of amides is 2. The van der Waals surface area contributed by atoms with Crippen molar-refractivity contribution in [2.24, 2.45) is 5.92 Å². The molecule has 0 aromatic heterocycles. The smallest absolute Gasteiger partial charge is 0.308 e. The molecule has 4 rings (SSSR count). The number of unbranched alkanes of at least 4 members (excludes halogenated alkanes) is 1. The molecule has 1 aromatic carbocycles. The maximum atomic E-state index is 13.7. The van der Waals surface area contributed by atoms with Gasteiger partial charge in [0.2, 0.25) is 24.4 Å². The molecule has 11 nitrogen and oxygen atoms in total. The highest BCUT2D eigenvalue weighted by Crippen LogP contribution is 2.47. The zero-order valence-corrected chi connectivity index (χ0v) is 24.3. The van der Waals surface area contributed by atoms with Crippen LogP contribution in [0.2, 0.25) is 0 Å². The minimum Gasteiger partial charge on any atom is -0.493 e. The molecule has 0 radical (unpaired) electrons. The SMILES string of the molecule is CCCCN(CCCN(C)C)C(=O)CN1CC(c2cc(OC)c3c(c2)OCO3)C(C(=O)O)C1CN1CCCC1=O. The van der Waals surface area contributed by atoms with Gasteiger partial charge in [0.25, 0.3) is 0 Å². The summed E-state index contributed by atoms with van der Waals surface area (Å²) in [6.45, 7) is 5.78. The van der Waals surface area contributed by atoms with E-state index in [0.29, 0.717) is 49.8 Å². The van der Waals surface area contributed by atoms with Crippen molar-refractivity contribution in [3.63, 3.8) is 0 Å². The zero-order chi connectivity index (χ0) is 28.8. The minimum absolute atomic E-state index is 0.00184. The molecule has 0 spiro atoms. The van der Waals surface area contributed by atoms with Gasteiger partial charge in [0, 0.05) is 51.1 Å². The first kappa shape index (κ1) is 29.9. The normalized spacial score (nSPS) is 22.4. The Labute approximate surface area is 236 Å².